The Morgan fingerprint density at radius 1 is 1.04 bits per heavy atom. The van der Waals surface area contributed by atoms with E-state index in [1.807, 2.05) is 4.68 Å². The van der Waals surface area contributed by atoms with Gasteiger partial charge in [-0.3, -0.25) is 9.58 Å². The third-order valence-corrected chi connectivity index (χ3v) is 5.94. The van der Waals surface area contributed by atoms with Gasteiger partial charge < -0.3 is 4.90 Å². The van der Waals surface area contributed by atoms with E-state index in [-0.39, 0.29) is 0 Å². The predicted octanol–water partition coefficient (Wildman–Crippen LogP) is 2.81. The minimum absolute atomic E-state index is 0.419. The fourth-order valence-electron chi connectivity index (χ4n) is 4.33. The maximum Gasteiger partial charge on any atom is 0.137 e. The van der Waals surface area contributed by atoms with Gasteiger partial charge in [-0.05, 0) is 38.0 Å². The maximum absolute atomic E-state index is 4.18. The van der Waals surface area contributed by atoms with Gasteiger partial charge in [0, 0.05) is 39.3 Å². The van der Waals surface area contributed by atoms with Gasteiger partial charge in [0.15, 0.2) is 0 Å². The van der Waals surface area contributed by atoms with Gasteiger partial charge in [-0.2, -0.15) is 5.10 Å². The first-order valence-electron chi connectivity index (χ1n) is 9.51. The van der Waals surface area contributed by atoms with Crippen LogP contribution in [0.25, 0.3) is 0 Å². The quantitative estimate of drug-likeness (QED) is 0.751. The zero-order chi connectivity index (χ0) is 17.0. The molecule has 3 rings (SSSR count). The largest absolute Gasteiger partial charge is 0.300 e. The van der Waals surface area contributed by atoms with Gasteiger partial charge in [-0.25, -0.2) is 4.98 Å². The van der Waals surface area contributed by atoms with Crippen molar-refractivity contribution in [3.05, 3.63) is 23.8 Å². The Morgan fingerprint density at radius 3 is 2.38 bits per heavy atom. The number of hydrogen-bond acceptors (Lipinski definition) is 4. The van der Waals surface area contributed by atoms with E-state index in [1.165, 1.54) is 58.4 Å². The molecule has 1 aromatic rings. The van der Waals surface area contributed by atoms with Crippen LogP contribution in [0.2, 0.25) is 0 Å². The molecule has 1 saturated heterocycles. The molecule has 2 heterocycles. The molecule has 5 heteroatoms. The van der Waals surface area contributed by atoms with E-state index < -0.39 is 0 Å². The van der Waals surface area contributed by atoms with Crippen LogP contribution in [0.5, 0.6) is 0 Å². The zero-order valence-corrected chi connectivity index (χ0v) is 15.7. The SMILES string of the molecule is CC1=C(CCN2CCN(CCn3cncn3)CC2)C(C)(C)CCC1. The maximum atomic E-state index is 4.18. The molecule has 1 aromatic heterocycles. The lowest BCUT2D eigenvalue weighted by Gasteiger charge is -2.38. The monoisotopic (exact) mass is 331 g/mol. The van der Waals surface area contributed by atoms with Crippen LogP contribution in [-0.4, -0.2) is 63.8 Å². The third kappa shape index (κ3) is 4.45. The average molecular weight is 332 g/mol. The van der Waals surface area contributed by atoms with E-state index in [9.17, 15) is 0 Å². The highest BCUT2D eigenvalue weighted by atomic mass is 15.3. The molecular weight excluding hydrogens is 298 g/mol. The third-order valence-electron chi connectivity index (χ3n) is 5.94. The molecule has 1 aliphatic heterocycles. The zero-order valence-electron chi connectivity index (χ0n) is 15.7. The molecule has 2 aliphatic rings. The molecule has 0 spiro atoms. The van der Waals surface area contributed by atoms with Crippen molar-refractivity contribution in [3.63, 3.8) is 0 Å². The molecule has 0 unspecified atom stereocenters. The number of nitrogens with zero attached hydrogens (tertiary/aromatic N) is 5. The number of hydrogen-bond donors (Lipinski definition) is 0. The van der Waals surface area contributed by atoms with E-state index >= 15 is 0 Å². The molecule has 24 heavy (non-hydrogen) atoms. The Labute approximate surface area is 146 Å². The fraction of sp³-hybridized carbons (Fsp3) is 0.789. The number of allylic oxidation sites excluding steroid dienone is 1. The lowest BCUT2D eigenvalue weighted by atomic mass is 9.71. The Balaban J connectivity index is 1.41. The number of piperazine rings is 1. The van der Waals surface area contributed by atoms with Crippen LogP contribution in [0.3, 0.4) is 0 Å². The summed E-state index contributed by atoms with van der Waals surface area (Å²) < 4.78 is 1.92. The van der Waals surface area contributed by atoms with E-state index in [1.54, 1.807) is 23.8 Å². The predicted molar refractivity (Wildman–Crippen MR) is 97.9 cm³/mol. The highest BCUT2D eigenvalue weighted by molar-refractivity contribution is 5.22. The molecule has 0 bridgehead atoms. The molecular formula is C19H33N5. The Hall–Kier alpha value is -1.20. The van der Waals surface area contributed by atoms with Gasteiger partial charge in [0.1, 0.15) is 12.7 Å². The molecule has 5 nitrogen and oxygen atoms in total. The molecule has 0 atom stereocenters. The lowest BCUT2D eigenvalue weighted by Crippen LogP contribution is -2.47. The summed E-state index contributed by atoms with van der Waals surface area (Å²) in [4.78, 5) is 9.20. The molecule has 0 N–H and O–H groups in total. The van der Waals surface area contributed by atoms with Gasteiger partial charge in [-0.15, -0.1) is 0 Å². The Bertz CT molecular complexity index is 538. The first-order chi connectivity index (χ1) is 11.5. The summed E-state index contributed by atoms with van der Waals surface area (Å²) in [7, 11) is 0. The minimum Gasteiger partial charge on any atom is -0.300 e. The van der Waals surface area contributed by atoms with Crippen molar-refractivity contribution in [2.45, 2.75) is 53.0 Å². The summed E-state index contributed by atoms with van der Waals surface area (Å²) in [5.41, 5.74) is 3.82. The molecule has 0 radical (unpaired) electrons. The van der Waals surface area contributed by atoms with Crippen LogP contribution in [0.1, 0.15) is 46.5 Å². The second-order valence-corrected chi connectivity index (χ2v) is 8.09. The van der Waals surface area contributed by atoms with Crippen molar-refractivity contribution in [2.24, 2.45) is 5.41 Å². The van der Waals surface area contributed by atoms with Crippen LogP contribution in [0.15, 0.2) is 23.8 Å². The summed E-state index contributed by atoms with van der Waals surface area (Å²) in [6.07, 6.45) is 8.72. The van der Waals surface area contributed by atoms with Crippen molar-refractivity contribution in [2.75, 3.05) is 39.3 Å². The minimum atomic E-state index is 0.419. The molecule has 0 saturated carbocycles. The molecule has 0 aromatic carbocycles. The van der Waals surface area contributed by atoms with Crippen LogP contribution in [-0.2, 0) is 6.54 Å². The summed E-state index contributed by atoms with van der Waals surface area (Å²) in [5.74, 6) is 0. The summed E-state index contributed by atoms with van der Waals surface area (Å²) in [6, 6.07) is 0. The summed E-state index contributed by atoms with van der Waals surface area (Å²) >= 11 is 0. The molecule has 134 valence electrons. The van der Waals surface area contributed by atoms with Crippen molar-refractivity contribution >= 4 is 0 Å². The Morgan fingerprint density at radius 2 is 1.75 bits per heavy atom. The number of aromatic nitrogens is 3. The van der Waals surface area contributed by atoms with Crippen LogP contribution in [0, 0.1) is 5.41 Å². The van der Waals surface area contributed by atoms with Crippen LogP contribution >= 0.6 is 0 Å². The topological polar surface area (TPSA) is 37.2 Å². The van der Waals surface area contributed by atoms with Crippen LogP contribution in [0.4, 0.5) is 0 Å². The van der Waals surface area contributed by atoms with E-state index in [0.717, 1.165) is 13.1 Å². The van der Waals surface area contributed by atoms with Crippen molar-refractivity contribution in [1.82, 2.24) is 24.6 Å². The van der Waals surface area contributed by atoms with E-state index in [2.05, 4.69) is 40.7 Å². The second-order valence-electron chi connectivity index (χ2n) is 8.09. The van der Waals surface area contributed by atoms with E-state index in [4.69, 9.17) is 0 Å². The number of rotatable bonds is 6. The van der Waals surface area contributed by atoms with Crippen molar-refractivity contribution in [3.8, 4) is 0 Å². The van der Waals surface area contributed by atoms with Crippen molar-refractivity contribution < 1.29 is 0 Å². The highest BCUT2D eigenvalue weighted by Crippen LogP contribution is 2.41. The van der Waals surface area contributed by atoms with E-state index in [0.29, 0.717) is 5.41 Å². The van der Waals surface area contributed by atoms with Gasteiger partial charge in [0.25, 0.3) is 0 Å². The molecule has 0 amide bonds. The fourth-order valence-corrected chi connectivity index (χ4v) is 4.33. The molecule has 1 fully saturated rings. The summed E-state index contributed by atoms with van der Waals surface area (Å²) in [6.45, 7) is 15.2. The smallest absolute Gasteiger partial charge is 0.137 e. The van der Waals surface area contributed by atoms with Crippen molar-refractivity contribution in [1.29, 1.82) is 0 Å². The van der Waals surface area contributed by atoms with Gasteiger partial charge in [-0.1, -0.05) is 25.0 Å². The molecule has 1 aliphatic carbocycles. The lowest BCUT2D eigenvalue weighted by molar-refractivity contribution is 0.127. The standard InChI is InChI=1S/C19H33N5/c1-17-5-4-7-19(2,3)18(17)6-8-22-9-11-23(12-10-22)13-14-24-16-20-15-21-24/h15-16H,4-14H2,1-3H3. The normalized spacial score (nSPS) is 23.0. The average Bonchev–Trinajstić information content (AvgIpc) is 3.06. The first-order valence-corrected chi connectivity index (χ1v) is 9.51. The van der Waals surface area contributed by atoms with Gasteiger partial charge in [0.05, 0.1) is 6.54 Å². The van der Waals surface area contributed by atoms with Crippen LogP contribution < -0.4 is 0 Å². The first kappa shape index (κ1) is 17.6. The second kappa shape index (κ2) is 7.79. The Kier molecular flexibility index (Phi) is 5.72. The summed E-state index contributed by atoms with van der Waals surface area (Å²) in [5, 5.41) is 4.18. The highest BCUT2D eigenvalue weighted by Gasteiger charge is 2.28. The van der Waals surface area contributed by atoms with Gasteiger partial charge >= 0.3 is 0 Å². The van der Waals surface area contributed by atoms with Gasteiger partial charge in [0.2, 0.25) is 0 Å².